The number of amides is 2. The summed E-state index contributed by atoms with van der Waals surface area (Å²) < 4.78 is 41.7. The van der Waals surface area contributed by atoms with Crippen molar-refractivity contribution >= 4 is 56.2 Å². The van der Waals surface area contributed by atoms with Crippen LogP contribution in [0.25, 0.3) is 0 Å². The normalized spacial score (nSPS) is 25.1. The summed E-state index contributed by atoms with van der Waals surface area (Å²) in [5.74, 6) is -2.61. The Labute approximate surface area is 279 Å². The van der Waals surface area contributed by atoms with Crippen LogP contribution in [0, 0.1) is 0 Å². The molecule has 2 amide bonds. The first-order valence-electron chi connectivity index (χ1n) is 14.8. The quantitative estimate of drug-likeness (QED) is 0.0556. The molecule has 20 heteroatoms. The summed E-state index contributed by atoms with van der Waals surface area (Å²) in [6.45, 7) is 3.99. The number of aliphatic imine (C=N–C) groups is 1. The standard InChI is InChI=1S/C28H36N8O10S2/c1-27(2)21(24(38)36(27)46-48(41,42)43)34-23(37)20(17-12-47-26(30)33-17)35-45-28(3,25(39)40)19-8-6-13-9-14(5-7-18(13)44-19)22(29)32-16-10-15(11-16)31-4/h5,7,9,12,15-16,19,21,31H,6,8,10-11H2,1-4H3,(H2,29,32)(H2,30,33)(H,34,37)(H,39,40)(H,41,42,43)/b35-20-/t15?,16?,19-,21-,28?/m1/s1. The lowest BCUT2D eigenvalue weighted by atomic mass is 9.84. The molecule has 1 unspecified atom stereocenters. The number of hydrogen-bond acceptors (Lipinski definition) is 14. The lowest BCUT2D eigenvalue weighted by Crippen LogP contribution is -2.76. The number of benzene rings is 1. The van der Waals surface area contributed by atoms with E-state index in [0.717, 1.165) is 35.3 Å². The molecule has 1 aromatic carbocycles. The van der Waals surface area contributed by atoms with Crippen molar-refractivity contribution in [3.05, 3.63) is 40.4 Å². The Morgan fingerprint density at radius 3 is 2.58 bits per heavy atom. The van der Waals surface area contributed by atoms with Gasteiger partial charge in [0.2, 0.25) is 0 Å². The zero-order chi connectivity index (χ0) is 35.2. The molecule has 1 aliphatic carbocycles. The number of carbonyl (C=O) groups is 3. The molecule has 5 rings (SSSR count). The van der Waals surface area contributed by atoms with E-state index in [4.69, 9.17) is 25.6 Å². The van der Waals surface area contributed by atoms with Gasteiger partial charge in [0.1, 0.15) is 23.3 Å². The number of carbonyl (C=O) groups excluding carboxylic acids is 2. The van der Waals surface area contributed by atoms with Crippen LogP contribution in [0.4, 0.5) is 5.13 Å². The molecular weight excluding hydrogens is 672 g/mol. The average molecular weight is 709 g/mol. The zero-order valence-corrected chi connectivity index (χ0v) is 28.0. The summed E-state index contributed by atoms with van der Waals surface area (Å²) in [6.07, 6.45) is 1.38. The van der Waals surface area contributed by atoms with E-state index in [1.165, 1.54) is 26.2 Å². The van der Waals surface area contributed by atoms with E-state index in [9.17, 15) is 27.9 Å². The molecule has 0 radical (unpaired) electrons. The Morgan fingerprint density at radius 2 is 2.00 bits per heavy atom. The van der Waals surface area contributed by atoms with Gasteiger partial charge in [-0.25, -0.2) is 9.78 Å². The molecule has 1 aromatic heterocycles. The van der Waals surface area contributed by atoms with E-state index in [2.05, 4.69) is 30.0 Å². The van der Waals surface area contributed by atoms with Crippen molar-refractivity contribution in [2.24, 2.45) is 15.9 Å². The minimum Gasteiger partial charge on any atom is -0.485 e. The van der Waals surface area contributed by atoms with Gasteiger partial charge < -0.3 is 36.8 Å². The van der Waals surface area contributed by atoms with Crippen LogP contribution in [0.15, 0.2) is 33.7 Å². The van der Waals surface area contributed by atoms with E-state index in [-0.39, 0.29) is 23.3 Å². The summed E-state index contributed by atoms with van der Waals surface area (Å²) in [7, 11) is -3.12. The third kappa shape index (κ3) is 6.92. The van der Waals surface area contributed by atoms with Crippen molar-refractivity contribution in [3.63, 3.8) is 0 Å². The summed E-state index contributed by atoms with van der Waals surface area (Å²) in [6, 6.07) is 4.53. The number of fused-ring (bicyclic) bond motifs is 1. The Morgan fingerprint density at radius 1 is 1.29 bits per heavy atom. The van der Waals surface area contributed by atoms with Gasteiger partial charge in [-0.05, 0) is 77.3 Å². The summed E-state index contributed by atoms with van der Waals surface area (Å²) >= 11 is 0.967. The van der Waals surface area contributed by atoms with Crippen LogP contribution in [-0.2, 0) is 40.3 Å². The SMILES string of the molecule is CNC1CC(N=C(N)c2ccc3c(c2)CC[C@H](C(C)(O/N=C(\C(=O)N[C@@H]2C(=O)N(OS(=O)(=O)O)C2(C)C)c2csc(N)n2)C(=O)O)O3)C1. The number of nitrogens with one attached hydrogen (secondary N) is 2. The number of hydroxylamine groups is 2. The molecule has 2 aromatic rings. The number of aliphatic carboxylic acids is 1. The van der Waals surface area contributed by atoms with Gasteiger partial charge in [-0.1, -0.05) is 5.16 Å². The first-order valence-corrected chi connectivity index (χ1v) is 17.0. The molecule has 8 N–H and O–H groups in total. The third-order valence-corrected chi connectivity index (χ3v) is 9.62. The van der Waals surface area contributed by atoms with Gasteiger partial charge in [0, 0.05) is 17.0 Å². The number of oxime groups is 1. The number of aryl methyl sites for hydroxylation is 1. The van der Waals surface area contributed by atoms with Crippen LogP contribution in [0.5, 0.6) is 5.75 Å². The van der Waals surface area contributed by atoms with Gasteiger partial charge in [-0.3, -0.25) is 19.1 Å². The van der Waals surface area contributed by atoms with E-state index < -0.39 is 57.2 Å². The molecule has 3 aliphatic rings. The van der Waals surface area contributed by atoms with Crippen molar-refractivity contribution in [1.29, 1.82) is 0 Å². The molecule has 0 bridgehead atoms. The van der Waals surface area contributed by atoms with Crippen LogP contribution in [-0.4, -0.2) is 99.9 Å². The Hall–Kier alpha value is -4.37. The number of amidine groups is 1. The molecule has 3 heterocycles. The van der Waals surface area contributed by atoms with Gasteiger partial charge in [0.15, 0.2) is 16.9 Å². The maximum atomic E-state index is 13.4. The maximum absolute atomic E-state index is 13.4. The summed E-state index contributed by atoms with van der Waals surface area (Å²) in [4.78, 5) is 52.9. The second-order valence-corrected chi connectivity index (χ2v) is 14.2. The van der Waals surface area contributed by atoms with Gasteiger partial charge in [0.05, 0.1) is 11.6 Å². The molecule has 2 aliphatic heterocycles. The van der Waals surface area contributed by atoms with E-state index in [1.54, 1.807) is 12.1 Å². The zero-order valence-electron chi connectivity index (χ0n) is 26.4. The van der Waals surface area contributed by atoms with Crippen molar-refractivity contribution < 1.29 is 46.3 Å². The number of β-lactam (4-membered cyclic amide) rings is 1. The first kappa shape index (κ1) is 35.0. The lowest BCUT2D eigenvalue weighted by molar-refractivity contribution is -0.218. The van der Waals surface area contributed by atoms with Crippen molar-refractivity contribution in [2.75, 3.05) is 12.8 Å². The highest BCUT2D eigenvalue weighted by Crippen LogP contribution is 2.36. The van der Waals surface area contributed by atoms with Crippen molar-refractivity contribution in [3.8, 4) is 5.75 Å². The number of aromatic nitrogens is 1. The second kappa shape index (κ2) is 12.9. The van der Waals surface area contributed by atoms with E-state index >= 15 is 0 Å². The fraction of sp³-hybridized carbons (Fsp3) is 0.500. The number of nitrogens with two attached hydrogens (primary N) is 2. The fourth-order valence-electron chi connectivity index (χ4n) is 5.53. The smallest absolute Gasteiger partial charge is 0.418 e. The Balaban J connectivity index is 1.34. The highest BCUT2D eigenvalue weighted by molar-refractivity contribution is 7.80. The fourth-order valence-corrected chi connectivity index (χ4v) is 6.53. The minimum absolute atomic E-state index is 0.0615. The van der Waals surface area contributed by atoms with Gasteiger partial charge in [-0.2, -0.15) is 13.5 Å². The van der Waals surface area contributed by atoms with Crippen LogP contribution >= 0.6 is 11.3 Å². The first-order chi connectivity index (χ1) is 22.4. The lowest BCUT2D eigenvalue weighted by Gasteiger charge is -2.50. The van der Waals surface area contributed by atoms with Gasteiger partial charge in [0.25, 0.3) is 17.4 Å². The average Bonchev–Trinajstić information content (AvgIpc) is 3.44. The largest absolute Gasteiger partial charge is 0.485 e. The topological polar surface area (TPSA) is 270 Å². The Bertz CT molecular complexity index is 1790. The highest BCUT2D eigenvalue weighted by atomic mass is 32.3. The number of hydrogen-bond donors (Lipinski definition) is 6. The number of anilines is 1. The van der Waals surface area contributed by atoms with E-state index in [1.807, 2.05) is 13.1 Å². The van der Waals surface area contributed by atoms with Crippen LogP contribution in [0.1, 0.15) is 56.9 Å². The van der Waals surface area contributed by atoms with Crippen molar-refractivity contribution in [1.82, 2.24) is 20.7 Å². The van der Waals surface area contributed by atoms with Gasteiger partial charge >= 0.3 is 16.4 Å². The molecule has 48 heavy (non-hydrogen) atoms. The molecule has 3 atom stereocenters. The monoisotopic (exact) mass is 708 g/mol. The number of nitrogen functional groups attached to an aromatic ring is 1. The second-order valence-electron chi connectivity index (χ2n) is 12.3. The van der Waals surface area contributed by atoms with Crippen LogP contribution < -0.4 is 26.8 Å². The molecule has 260 valence electrons. The number of carboxylic acid groups (broad SMARTS) is 1. The predicted octanol–water partition coefficient (Wildman–Crippen LogP) is -0.0212. The van der Waals surface area contributed by atoms with Crippen molar-refractivity contribution in [2.45, 2.75) is 81.8 Å². The molecule has 0 spiro atoms. The summed E-state index contributed by atoms with van der Waals surface area (Å²) in [5, 5.41) is 21.6. The molecule has 2 fully saturated rings. The number of thiazole rings is 1. The van der Waals surface area contributed by atoms with Gasteiger partial charge in [-0.15, -0.1) is 15.6 Å². The number of carboxylic acids is 1. The van der Waals surface area contributed by atoms with E-state index in [0.29, 0.717) is 29.1 Å². The highest BCUT2D eigenvalue weighted by Gasteiger charge is 2.58. The minimum atomic E-state index is -5.03. The maximum Gasteiger partial charge on any atom is 0.418 e. The predicted molar refractivity (Wildman–Crippen MR) is 171 cm³/mol. The molecular formula is C28H36N8O10S2. The summed E-state index contributed by atoms with van der Waals surface area (Å²) in [5.41, 5.74) is 9.42. The molecule has 18 nitrogen and oxygen atoms in total. The van der Waals surface area contributed by atoms with Crippen LogP contribution in [0.2, 0.25) is 0 Å². The van der Waals surface area contributed by atoms with Crippen LogP contribution in [0.3, 0.4) is 0 Å². The number of rotatable bonds is 12. The Kier molecular flexibility index (Phi) is 9.40. The molecule has 1 saturated heterocycles. The third-order valence-electron chi connectivity index (χ3n) is 8.61. The number of nitrogens with zero attached hydrogens (tertiary/aromatic N) is 4. The number of ether oxygens (including phenoxy) is 1. The molecule has 1 saturated carbocycles.